The molecule has 0 heterocycles. The third-order valence-corrected chi connectivity index (χ3v) is 3.40. The lowest BCUT2D eigenvalue weighted by Crippen LogP contribution is -2.23. The minimum Gasteiger partial charge on any atom is -0.481 e. The third kappa shape index (κ3) is 12.8. The molecule has 0 saturated carbocycles. The van der Waals surface area contributed by atoms with Crippen LogP contribution in [0.25, 0.3) is 0 Å². The molecule has 6 heteroatoms. The van der Waals surface area contributed by atoms with Crippen LogP contribution in [0.3, 0.4) is 0 Å². The standard InChI is InChI=1S/C14H22Br2O4/c15-13(16)9-4-2-1-3-7-11(17)12(18)8-5-6-10-14(19)20/h5,8-9,11-12,17-18H,1-4,6-7,10H2,(H,19,20). The van der Waals surface area contributed by atoms with Gasteiger partial charge in [0.05, 0.1) is 15.6 Å². The van der Waals surface area contributed by atoms with Crippen molar-refractivity contribution in [3.05, 3.63) is 21.6 Å². The van der Waals surface area contributed by atoms with Crippen LogP contribution in [0, 0.1) is 0 Å². The molecule has 0 spiro atoms. The molecule has 2 unspecified atom stereocenters. The van der Waals surface area contributed by atoms with Gasteiger partial charge in [-0.1, -0.05) is 31.1 Å². The van der Waals surface area contributed by atoms with E-state index in [1.54, 1.807) is 6.08 Å². The van der Waals surface area contributed by atoms with E-state index in [0.29, 0.717) is 12.8 Å². The quantitative estimate of drug-likeness (QED) is 0.356. The minimum atomic E-state index is -0.916. The Kier molecular flexibility index (Phi) is 12.5. The van der Waals surface area contributed by atoms with Crippen molar-refractivity contribution in [3.63, 3.8) is 0 Å². The van der Waals surface area contributed by atoms with Gasteiger partial charge in [0.1, 0.15) is 0 Å². The number of hydrogen-bond donors (Lipinski definition) is 3. The molecule has 0 aromatic carbocycles. The van der Waals surface area contributed by atoms with Gasteiger partial charge in [0.2, 0.25) is 0 Å². The Balaban J connectivity index is 3.66. The van der Waals surface area contributed by atoms with Gasteiger partial charge in [0.25, 0.3) is 0 Å². The summed E-state index contributed by atoms with van der Waals surface area (Å²) < 4.78 is 0.951. The van der Waals surface area contributed by atoms with Crippen molar-refractivity contribution >= 4 is 37.8 Å². The molecule has 0 rings (SSSR count). The van der Waals surface area contributed by atoms with Crippen molar-refractivity contribution in [3.8, 4) is 0 Å². The summed E-state index contributed by atoms with van der Waals surface area (Å²) in [5.74, 6) is -0.867. The Labute approximate surface area is 136 Å². The van der Waals surface area contributed by atoms with Crippen LogP contribution in [-0.2, 0) is 4.79 Å². The second-order valence-corrected chi connectivity index (χ2v) is 7.32. The summed E-state index contributed by atoms with van der Waals surface area (Å²) in [7, 11) is 0. The van der Waals surface area contributed by atoms with Crippen LogP contribution in [-0.4, -0.2) is 33.5 Å². The molecule has 0 aliphatic carbocycles. The number of halogens is 2. The first-order chi connectivity index (χ1) is 9.43. The van der Waals surface area contributed by atoms with E-state index < -0.39 is 18.2 Å². The van der Waals surface area contributed by atoms with Crippen LogP contribution in [0.2, 0.25) is 0 Å². The Hall–Kier alpha value is -0.170. The first kappa shape index (κ1) is 19.8. The first-order valence-corrected chi connectivity index (χ1v) is 8.28. The topological polar surface area (TPSA) is 77.8 Å². The number of aliphatic carboxylic acids is 1. The minimum absolute atomic E-state index is 0.0377. The number of rotatable bonds is 11. The van der Waals surface area contributed by atoms with Crippen LogP contribution in [0.5, 0.6) is 0 Å². The van der Waals surface area contributed by atoms with Gasteiger partial charge >= 0.3 is 5.97 Å². The van der Waals surface area contributed by atoms with Gasteiger partial charge in [-0.05, 0) is 57.5 Å². The van der Waals surface area contributed by atoms with Crippen molar-refractivity contribution in [2.24, 2.45) is 0 Å². The SMILES string of the molecule is O=C(O)CCC=CC(O)C(O)CCCCCC=C(Br)Br. The lowest BCUT2D eigenvalue weighted by Gasteiger charge is -2.14. The number of aliphatic hydroxyl groups is 2. The average Bonchev–Trinajstić information content (AvgIpc) is 2.37. The van der Waals surface area contributed by atoms with Gasteiger partial charge in [-0.3, -0.25) is 4.79 Å². The first-order valence-electron chi connectivity index (χ1n) is 6.69. The molecule has 0 amide bonds. The molecule has 3 N–H and O–H groups in total. The second kappa shape index (κ2) is 12.6. The van der Waals surface area contributed by atoms with Crippen molar-refractivity contribution in [2.45, 2.75) is 57.2 Å². The maximum Gasteiger partial charge on any atom is 0.303 e. The highest BCUT2D eigenvalue weighted by Gasteiger charge is 2.12. The van der Waals surface area contributed by atoms with E-state index in [0.717, 1.165) is 29.1 Å². The maximum atomic E-state index is 10.3. The Morgan fingerprint density at radius 2 is 1.80 bits per heavy atom. The Morgan fingerprint density at radius 3 is 2.40 bits per heavy atom. The van der Waals surface area contributed by atoms with E-state index >= 15 is 0 Å². The fourth-order valence-electron chi connectivity index (χ4n) is 1.63. The van der Waals surface area contributed by atoms with E-state index in [4.69, 9.17) is 5.11 Å². The number of unbranched alkanes of at least 4 members (excludes halogenated alkanes) is 3. The predicted octanol–water partition coefficient (Wildman–Crippen LogP) is 3.71. The molecule has 20 heavy (non-hydrogen) atoms. The van der Waals surface area contributed by atoms with E-state index in [2.05, 4.69) is 31.9 Å². The van der Waals surface area contributed by atoms with Crippen molar-refractivity contribution in [1.82, 2.24) is 0 Å². The molecule has 0 saturated heterocycles. The van der Waals surface area contributed by atoms with Gasteiger partial charge in [0, 0.05) is 6.42 Å². The molecule has 0 bridgehead atoms. The van der Waals surface area contributed by atoms with E-state index in [9.17, 15) is 15.0 Å². The highest BCUT2D eigenvalue weighted by molar-refractivity contribution is 9.28. The zero-order chi connectivity index (χ0) is 15.4. The molecule has 2 atom stereocenters. The number of hydrogen-bond acceptors (Lipinski definition) is 3. The van der Waals surface area contributed by atoms with E-state index in [1.165, 1.54) is 6.08 Å². The smallest absolute Gasteiger partial charge is 0.303 e. The monoisotopic (exact) mass is 412 g/mol. The van der Waals surface area contributed by atoms with E-state index in [-0.39, 0.29) is 6.42 Å². The number of carboxylic acid groups (broad SMARTS) is 1. The van der Waals surface area contributed by atoms with Crippen molar-refractivity contribution < 1.29 is 20.1 Å². The molecule has 0 aromatic heterocycles. The van der Waals surface area contributed by atoms with Gasteiger partial charge < -0.3 is 15.3 Å². The summed E-state index contributed by atoms with van der Waals surface area (Å²) in [5.41, 5.74) is 0. The fourth-order valence-corrected chi connectivity index (χ4v) is 2.09. The van der Waals surface area contributed by atoms with Crippen LogP contribution >= 0.6 is 31.9 Å². The number of allylic oxidation sites excluding steroid dienone is 2. The van der Waals surface area contributed by atoms with Gasteiger partial charge in [-0.25, -0.2) is 0 Å². The van der Waals surface area contributed by atoms with Gasteiger partial charge in [-0.15, -0.1) is 0 Å². The number of carboxylic acids is 1. The normalized spacial score (nSPS) is 14.2. The summed E-state index contributed by atoms with van der Waals surface area (Å²) >= 11 is 6.57. The molecule has 0 aromatic rings. The van der Waals surface area contributed by atoms with Crippen molar-refractivity contribution in [2.75, 3.05) is 0 Å². The molecular weight excluding hydrogens is 392 g/mol. The third-order valence-electron chi connectivity index (χ3n) is 2.76. The highest BCUT2D eigenvalue weighted by atomic mass is 79.9. The zero-order valence-electron chi connectivity index (χ0n) is 11.3. The zero-order valence-corrected chi connectivity index (χ0v) is 14.5. The molecule has 0 radical (unpaired) electrons. The molecule has 0 fully saturated rings. The lowest BCUT2D eigenvalue weighted by atomic mass is 10.0. The van der Waals surface area contributed by atoms with Crippen molar-refractivity contribution in [1.29, 1.82) is 0 Å². The van der Waals surface area contributed by atoms with Gasteiger partial charge in [-0.2, -0.15) is 0 Å². The fraction of sp³-hybridized carbons (Fsp3) is 0.643. The number of aliphatic hydroxyl groups excluding tert-OH is 2. The summed E-state index contributed by atoms with van der Waals surface area (Å²) in [6.45, 7) is 0. The average molecular weight is 414 g/mol. The summed E-state index contributed by atoms with van der Waals surface area (Å²) in [6.07, 6.45) is 8.22. The highest BCUT2D eigenvalue weighted by Crippen LogP contribution is 2.16. The lowest BCUT2D eigenvalue weighted by molar-refractivity contribution is -0.136. The summed E-state index contributed by atoms with van der Waals surface area (Å²) in [6, 6.07) is 0. The van der Waals surface area contributed by atoms with Gasteiger partial charge in [0.15, 0.2) is 0 Å². The Morgan fingerprint density at radius 1 is 1.10 bits per heavy atom. The predicted molar refractivity (Wildman–Crippen MR) is 87.0 cm³/mol. The number of carbonyl (C=O) groups is 1. The van der Waals surface area contributed by atoms with Crippen LogP contribution in [0.15, 0.2) is 21.6 Å². The summed E-state index contributed by atoms with van der Waals surface area (Å²) in [5, 5.41) is 27.8. The molecule has 116 valence electrons. The maximum absolute atomic E-state index is 10.3. The van der Waals surface area contributed by atoms with E-state index in [1.807, 2.05) is 6.08 Å². The van der Waals surface area contributed by atoms with Crippen LogP contribution in [0.1, 0.15) is 44.9 Å². The van der Waals surface area contributed by atoms with Crippen LogP contribution in [0.4, 0.5) is 0 Å². The molecule has 0 aliphatic rings. The Bertz CT molecular complexity index is 325. The second-order valence-electron chi connectivity index (χ2n) is 4.55. The largest absolute Gasteiger partial charge is 0.481 e. The summed E-state index contributed by atoms with van der Waals surface area (Å²) in [4.78, 5) is 10.3. The molecule has 4 nitrogen and oxygen atoms in total. The molecular formula is C14H22Br2O4. The molecule has 0 aliphatic heterocycles. The van der Waals surface area contributed by atoms with Crippen LogP contribution < -0.4 is 0 Å².